The highest BCUT2D eigenvalue weighted by Crippen LogP contribution is 2.36. The van der Waals surface area contributed by atoms with Crippen molar-refractivity contribution in [3.05, 3.63) is 35.1 Å². The molecule has 3 rings (SSSR count). The van der Waals surface area contributed by atoms with E-state index in [2.05, 4.69) is 20.5 Å². The predicted molar refractivity (Wildman–Crippen MR) is 79.1 cm³/mol. The molecule has 8 nitrogen and oxygen atoms in total. The number of methoxy groups -OCH3 is 1. The average molecular weight is 302 g/mol. The summed E-state index contributed by atoms with van der Waals surface area (Å²) in [5.74, 6) is 0.207. The Labute approximate surface area is 127 Å². The Hall–Kier alpha value is -2.64. The van der Waals surface area contributed by atoms with Crippen molar-refractivity contribution in [1.82, 2.24) is 24.5 Å². The SMILES string of the molecule is CCn1cc([C@@H]2C(C(=O)OC)=C(C)Nc3ncnn32)c(C)n1. The van der Waals surface area contributed by atoms with E-state index >= 15 is 0 Å². The summed E-state index contributed by atoms with van der Waals surface area (Å²) in [4.78, 5) is 16.5. The first-order chi connectivity index (χ1) is 10.6. The topological polar surface area (TPSA) is 86.9 Å². The van der Waals surface area contributed by atoms with Crippen LogP contribution in [0, 0.1) is 6.92 Å². The molecule has 0 radical (unpaired) electrons. The maximum atomic E-state index is 12.3. The number of aryl methyl sites for hydroxylation is 2. The van der Waals surface area contributed by atoms with Gasteiger partial charge in [0.25, 0.3) is 0 Å². The molecule has 0 aromatic carbocycles. The van der Waals surface area contributed by atoms with E-state index in [-0.39, 0.29) is 5.97 Å². The molecule has 1 aliphatic rings. The number of allylic oxidation sites excluding steroid dienone is 1. The van der Waals surface area contributed by atoms with Crippen molar-refractivity contribution in [2.45, 2.75) is 33.4 Å². The van der Waals surface area contributed by atoms with Gasteiger partial charge in [0, 0.05) is 24.0 Å². The highest BCUT2D eigenvalue weighted by atomic mass is 16.5. The van der Waals surface area contributed by atoms with Crippen molar-refractivity contribution in [3.8, 4) is 0 Å². The van der Waals surface area contributed by atoms with Gasteiger partial charge < -0.3 is 10.1 Å². The third-order valence-electron chi connectivity index (χ3n) is 3.80. The molecule has 2 aromatic heterocycles. The van der Waals surface area contributed by atoms with Crippen molar-refractivity contribution >= 4 is 11.9 Å². The van der Waals surface area contributed by atoms with Crippen LogP contribution in [-0.4, -0.2) is 37.6 Å². The predicted octanol–water partition coefficient (Wildman–Crippen LogP) is 1.26. The van der Waals surface area contributed by atoms with Gasteiger partial charge in [-0.15, -0.1) is 0 Å². The third-order valence-corrected chi connectivity index (χ3v) is 3.80. The number of fused-ring (bicyclic) bond motifs is 1. The molecule has 0 saturated heterocycles. The van der Waals surface area contributed by atoms with E-state index < -0.39 is 6.04 Å². The Morgan fingerprint density at radius 2 is 2.23 bits per heavy atom. The lowest BCUT2D eigenvalue weighted by Crippen LogP contribution is -2.29. The zero-order valence-electron chi connectivity index (χ0n) is 13.0. The van der Waals surface area contributed by atoms with Gasteiger partial charge in [-0.25, -0.2) is 9.48 Å². The maximum Gasteiger partial charge on any atom is 0.338 e. The fraction of sp³-hybridized carbons (Fsp3) is 0.429. The summed E-state index contributed by atoms with van der Waals surface area (Å²) in [6.45, 7) is 6.52. The summed E-state index contributed by atoms with van der Waals surface area (Å²) in [5, 5.41) is 11.8. The number of anilines is 1. The van der Waals surface area contributed by atoms with E-state index in [0.29, 0.717) is 17.2 Å². The summed E-state index contributed by atoms with van der Waals surface area (Å²) in [6.07, 6.45) is 3.40. The number of aromatic nitrogens is 5. The molecule has 0 unspecified atom stereocenters. The molecule has 116 valence electrons. The van der Waals surface area contributed by atoms with Crippen molar-refractivity contribution in [2.75, 3.05) is 12.4 Å². The van der Waals surface area contributed by atoms with E-state index in [4.69, 9.17) is 4.74 Å². The van der Waals surface area contributed by atoms with Crippen LogP contribution in [0.4, 0.5) is 5.95 Å². The lowest BCUT2D eigenvalue weighted by Gasteiger charge is -2.27. The minimum Gasteiger partial charge on any atom is -0.466 e. The molecule has 1 aliphatic heterocycles. The Morgan fingerprint density at radius 3 is 2.86 bits per heavy atom. The second-order valence-electron chi connectivity index (χ2n) is 5.11. The van der Waals surface area contributed by atoms with Gasteiger partial charge in [0.2, 0.25) is 5.95 Å². The van der Waals surface area contributed by atoms with Gasteiger partial charge >= 0.3 is 5.97 Å². The number of carbonyl (C=O) groups is 1. The standard InChI is InChI=1S/C14H18N6O2/c1-5-19-6-10(8(2)18-19)12-11(13(21)22-4)9(3)17-14-15-7-16-20(12)14/h6-7,12H,5H2,1-4H3,(H,15,16,17)/t12-/m1/s1. The van der Waals surface area contributed by atoms with Gasteiger partial charge in [0.1, 0.15) is 12.4 Å². The van der Waals surface area contributed by atoms with Crippen LogP contribution in [0.3, 0.4) is 0 Å². The molecule has 0 saturated carbocycles. The van der Waals surface area contributed by atoms with E-state index in [0.717, 1.165) is 17.8 Å². The van der Waals surface area contributed by atoms with Crippen LogP contribution < -0.4 is 5.32 Å². The summed E-state index contributed by atoms with van der Waals surface area (Å²) < 4.78 is 8.48. The van der Waals surface area contributed by atoms with Gasteiger partial charge in [0.15, 0.2) is 0 Å². The molecule has 0 spiro atoms. The van der Waals surface area contributed by atoms with Crippen LogP contribution in [0.5, 0.6) is 0 Å². The second-order valence-corrected chi connectivity index (χ2v) is 5.11. The van der Waals surface area contributed by atoms with Crippen molar-refractivity contribution in [3.63, 3.8) is 0 Å². The first-order valence-corrected chi connectivity index (χ1v) is 7.06. The number of carbonyl (C=O) groups excluding carboxylic acids is 1. The minimum absolute atomic E-state index is 0.389. The van der Waals surface area contributed by atoms with E-state index in [1.807, 2.05) is 31.6 Å². The van der Waals surface area contributed by atoms with Gasteiger partial charge in [0.05, 0.1) is 18.4 Å². The Kier molecular flexibility index (Phi) is 3.44. The zero-order valence-corrected chi connectivity index (χ0v) is 13.0. The number of hydrogen-bond donors (Lipinski definition) is 1. The van der Waals surface area contributed by atoms with Crippen LogP contribution in [-0.2, 0) is 16.1 Å². The summed E-state index contributed by atoms with van der Waals surface area (Å²) >= 11 is 0. The van der Waals surface area contributed by atoms with Crippen molar-refractivity contribution in [1.29, 1.82) is 0 Å². The number of esters is 1. The number of nitrogens with one attached hydrogen (secondary N) is 1. The highest BCUT2D eigenvalue weighted by molar-refractivity contribution is 5.92. The van der Waals surface area contributed by atoms with Crippen LogP contribution in [0.2, 0.25) is 0 Å². The lowest BCUT2D eigenvalue weighted by molar-refractivity contribution is -0.136. The first-order valence-electron chi connectivity index (χ1n) is 7.06. The van der Waals surface area contributed by atoms with Crippen molar-refractivity contribution in [2.24, 2.45) is 0 Å². The highest BCUT2D eigenvalue weighted by Gasteiger charge is 2.35. The van der Waals surface area contributed by atoms with Gasteiger partial charge in [-0.05, 0) is 20.8 Å². The van der Waals surface area contributed by atoms with Gasteiger partial charge in [-0.1, -0.05) is 0 Å². The third kappa shape index (κ3) is 2.07. The smallest absolute Gasteiger partial charge is 0.338 e. The van der Waals surface area contributed by atoms with Crippen LogP contribution in [0.1, 0.15) is 31.1 Å². The van der Waals surface area contributed by atoms with E-state index in [1.165, 1.54) is 13.4 Å². The van der Waals surface area contributed by atoms with Crippen LogP contribution in [0.25, 0.3) is 0 Å². The molecule has 3 heterocycles. The van der Waals surface area contributed by atoms with Crippen LogP contribution in [0.15, 0.2) is 23.8 Å². The molecule has 0 aliphatic carbocycles. The van der Waals surface area contributed by atoms with Gasteiger partial charge in [-0.3, -0.25) is 4.68 Å². The average Bonchev–Trinajstić information content (AvgIpc) is 3.11. The van der Waals surface area contributed by atoms with Crippen molar-refractivity contribution < 1.29 is 9.53 Å². The molecule has 8 heteroatoms. The molecule has 0 bridgehead atoms. The largest absolute Gasteiger partial charge is 0.466 e. The molecular formula is C14H18N6O2. The quantitative estimate of drug-likeness (QED) is 0.859. The Balaban J connectivity index is 2.20. The fourth-order valence-electron chi connectivity index (χ4n) is 2.72. The zero-order chi connectivity index (χ0) is 15.9. The van der Waals surface area contributed by atoms with Gasteiger partial charge in [-0.2, -0.15) is 15.2 Å². The fourth-order valence-corrected chi connectivity index (χ4v) is 2.72. The Morgan fingerprint density at radius 1 is 1.45 bits per heavy atom. The Bertz CT molecular complexity index is 757. The van der Waals surface area contributed by atoms with E-state index in [9.17, 15) is 4.79 Å². The molecule has 1 atom stereocenters. The molecule has 0 amide bonds. The molecule has 2 aromatic rings. The summed E-state index contributed by atoms with van der Waals surface area (Å²) in [6, 6.07) is -0.397. The summed E-state index contributed by atoms with van der Waals surface area (Å²) in [7, 11) is 1.37. The minimum atomic E-state index is -0.397. The molecular weight excluding hydrogens is 284 g/mol. The first kappa shape index (κ1) is 14.3. The number of hydrogen-bond acceptors (Lipinski definition) is 6. The molecule has 22 heavy (non-hydrogen) atoms. The lowest BCUT2D eigenvalue weighted by atomic mass is 9.96. The second kappa shape index (κ2) is 5.28. The number of ether oxygens (including phenoxy) is 1. The summed E-state index contributed by atoms with van der Waals surface area (Å²) in [5.41, 5.74) is 2.99. The molecule has 0 fully saturated rings. The number of nitrogens with zero attached hydrogens (tertiary/aromatic N) is 5. The normalized spacial score (nSPS) is 17.2. The monoisotopic (exact) mass is 302 g/mol. The van der Waals surface area contributed by atoms with E-state index in [1.54, 1.807) is 4.68 Å². The van der Waals surface area contributed by atoms with Crippen LogP contribution >= 0.6 is 0 Å². The molecule has 1 N–H and O–H groups in total. The number of rotatable bonds is 3. The maximum absolute atomic E-state index is 12.3.